The largest absolute Gasteiger partial charge is 0.352 e. The molecule has 100 valence electrons. The highest BCUT2D eigenvalue weighted by Gasteiger charge is 2.16. The van der Waals surface area contributed by atoms with Crippen molar-refractivity contribution in [1.29, 1.82) is 0 Å². The van der Waals surface area contributed by atoms with E-state index in [4.69, 9.17) is 0 Å². The van der Waals surface area contributed by atoms with E-state index in [1.807, 2.05) is 6.07 Å². The van der Waals surface area contributed by atoms with Crippen LogP contribution in [-0.4, -0.2) is 18.5 Å². The lowest BCUT2D eigenvalue weighted by Crippen LogP contribution is -2.41. The minimum atomic E-state index is 0.130. The quantitative estimate of drug-likeness (QED) is 0.860. The smallest absolute Gasteiger partial charge is 0.234 e. The minimum absolute atomic E-state index is 0.130. The zero-order valence-electron chi connectivity index (χ0n) is 10.9. The first kappa shape index (κ1) is 13.6. The Morgan fingerprint density at radius 3 is 2.89 bits per heavy atom. The lowest BCUT2D eigenvalue weighted by atomic mass is 9.95. The second kappa shape index (κ2) is 6.90. The number of carbonyl (C=O) groups excluding carboxylic acids is 1. The molecule has 0 spiro atoms. The van der Waals surface area contributed by atoms with E-state index >= 15 is 0 Å². The predicted molar refractivity (Wildman–Crippen MR) is 75.8 cm³/mol. The summed E-state index contributed by atoms with van der Waals surface area (Å²) in [5, 5.41) is 8.46. The Bertz CT molecular complexity index is 358. The fourth-order valence-electron chi connectivity index (χ4n) is 2.41. The molecule has 0 bridgehead atoms. The topological polar surface area (TPSA) is 41.1 Å². The minimum Gasteiger partial charge on any atom is -0.352 e. The van der Waals surface area contributed by atoms with E-state index in [1.165, 1.54) is 24.1 Å². The van der Waals surface area contributed by atoms with Crippen LogP contribution in [0.3, 0.4) is 0 Å². The third-order valence-electron chi connectivity index (χ3n) is 3.51. The Morgan fingerprint density at radius 1 is 1.44 bits per heavy atom. The Balaban J connectivity index is 1.68. The van der Waals surface area contributed by atoms with E-state index in [9.17, 15) is 4.79 Å². The van der Waals surface area contributed by atoms with Crippen LogP contribution in [0.1, 0.15) is 49.9 Å². The molecule has 2 N–H and O–H groups in total. The van der Waals surface area contributed by atoms with Gasteiger partial charge in [-0.25, -0.2) is 0 Å². The van der Waals surface area contributed by atoms with Gasteiger partial charge >= 0.3 is 0 Å². The van der Waals surface area contributed by atoms with E-state index in [1.54, 1.807) is 11.3 Å². The van der Waals surface area contributed by atoms with Crippen LogP contribution in [0.5, 0.6) is 0 Å². The molecule has 1 saturated carbocycles. The summed E-state index contributed by atoms with van der Waals surface area (Å²) in [6, 6.07) is 4.80. The molecular formula is C14H22N2OS. The second-order valence-corrected chi connectivity index (χ2v) is 6.00. The van der Waals surface area contributed by atoms with Crippen molar-refractivity contribution in [3.8, 4) is 0 Å². The second-order valence-electron chi connectivity index (χ2n) is 5.02. The third-order valence-corrected chi connectivity index (χ3v) is 4.56. The SMILES string of the molecule is C[C@@H](NCC(=O)NC1CCCCC1)c1cccs1. The number of carbonyl (C=O) groups is 1. The normalized spacial score (nSPS) is 18.5. The molecule has 4 heteroatoms. The Labute approximate surface area is 113 Å². The molecule has 1 aliphatic rings. The molecule has 1 aliphatic carbocycles. The third kappa shape index (κ3) is 4.10. The summed E-state index contributed by atoms with van der Waals surface area (Å²) in [6.07, 6.45) is 6.12. The van der Waals surface area contributed by atoms with Crippen LogP contribution in [0.4, 0.5) is 0 Å². The molecule has 18 heavy (non-hydrogen) atoms. The summed E-state index contributed by atoms with van der Waals surface area (Å²) >= 11 is 1.72. The molecule has 1 aromatic rings. The molecule has 0 radical (unpaired) electrons. The predicted octanol–water partition coefficient (Wildman–Crippen LogP) is 2.85. The van der Waals surface area contributed by atoms with Gasteiger partial charge in [0.15, 0.2) is 0 Å². The Hall–Kier alpha value is -0.870. The van der Waals surface area contributed by atoms with E-state index in [2.05, 4.69) is 29.0 Å². The summed E-state index contributed by atoms with van der Waals surface area (Å²) in [6.45, 7) is 2.51. The van der Waals surface area contributed by atoms with Crippen molar-refractivity contribution in [2.24, 2.45) is 0 Å². The van der Waals surface area contributed by atoms with Crippen LogP contribution >= 0.6 is 11.3 Å². The lowest BCUT2D eigenvalue weighted by molar-refractivity contribution is -0.121. The van der Waals surface area contributed by atoms with Crippen LogP contribution in [0.25, 0.3) is 0 Å². The molecule has 3 nitrogen and oxygen atoms in total. The van der Waals surface area contributed by atoms with Crippen molar-refractivity contribution in [2.75, 3.05) is 6.54 Å². The van der Waals surface area contributed by atoms with Gasteiger partial charge < -0.3 is 10.6 Å². The summed E-state index contributed by atoms with van der Waals surface area (Å²) in [5.41, 5.74) is 0. The molecule has 1 aromatic heterocycles. The van der Waals surface area contributed by atoms with Gasteiger partial charge in [-0.1, -0.05) is 25.3 Å². The van der Waals surface area contributed by atoms with Gasteiger partial charge in [-0.15, -0.1) is 11.3 Å². The van der Waals surface area contributed by atoms with Crippen molar-refractivity contribution in [1.82, 2.24) is 10.6 Å². The number of hydrogen-bond acceptors (Lipinski definition) is 3. The van der Waals surface area contributed by atoms with Gasteiger partial charge in [0, 0.05) is 17.0 Å². The van der Waals surface area contributed by atoms with E-state index in [0.29, 0.717) is 12.6 Å². The molecule has 1 atom stereocenters. The van der Waals surface area contributed by atoms with Crippen molar-refractivity contribution in [2.45, 2.75) is 51.1 Å². The average Bonchev–Trinajstić information content (AvgIpc) is 2.91. The van der Waals surface area contributed by atoms with Crippen LogP contribution < -0.4 is 10.6 Å². The van der Waals surface area contributed by atoms with Gasteiger partial charge in [0.2, 0.25) is 5.91 Å². The molecule has 1 amide bonds. The monoisotopic (exact) mass is 266 g/mol. The van der Waals surface area contributed by atoms with Crippen molar-refractivity contribution in [3.63, 3.8) is 0 Å². The highest BCUT2D eigenvalue weighted by Crippen LogP contribution is 2.18. The van der Waals surface area contributed by atoms with Crippen LogP contribution in [0.15, 0.2) is 17.5 Å². The molecule has 0 saturated heterocycles. The molecule has 1 fully saturated rings. The van der Waals surface area contributed by atoms with E-state index < -0.39 is 0 Å². The highest BCUT2D eigenvalue weighted by molar-refractivity contribution is 7.10. The molecule has 1 heterocycles. The summed E-state index contributed by atoms with van der Waals surface area (Å²) < 4.78 is 0. The van der Waals surface area contributed by atoms with Crippen LogP contribution in [0, 0.1) is 0 Å². The number of rotatable bonds is 5. The zero-order chi connectivity index (χ0) is 12.8. The maximum absolute atomic E-state index is 11.8. The van der Waals surface area contributed by atoms with Crippen LogP contribution in [0.2, 0.25) is 0 Å². The first-order valence-electron chi connectivity index (χ1n) is 6.82. The van der Waals surface area contributed by atoms with Gasteiger partial charge in [-0.05, 0) is 31.2 Å². The van der Waals surface area contributed by atoms with Crippen molar-refractivity contribution >= 4 is 17.2 Å². The number of hydrogen-bond donors (Lipinski definition) is 2. The standard InChI is InChI=1S/C14H22N2OS/c1-11(13-8-5-9-18-13)15-10-14(17)16-12-6-3-2-4-7-12/h5,8-9,11-12,15H,2-4,6-7,10H2,1H3,(H,16,17)/t11-/m1/s1. The maximum atomic E-state index is 11.8. The molecule has 2 rings (SSSR count). The van der Waals surface area contributed by atoms with Crippen molar-refractivity contribution < 1.29 is 4.79 Å². The average molecular weight is 266 g/mol. The molecular weight excluding hydrogens is 244 g/mol. The summed E-state index contributed by atoms with van der Waals surface area (Å²) in [5.74, 6) is 0.130. The first-order valence-corrected chi connectivity index (χ1v) is 7.70. The number of thiophene rings is 1. The maximum Gasteiger partial charge on any atom is 0.234 e. The van der Waals surface area contributed by atoms with E-state index in [-0.39, 0.29) is 11.9 Å². The van der Waals surface area contributed by atoms with Gasteiger partial charge in [0.25, 0.3) is 0 Å². The highest BCUT2D eigenvalue weighted by atomic mass is 32.1. The van der Waals surface area contributed by atoms with Gasteiger partial charge in [0.1, 0.15) is 0 Å². The van der Waals surface area contributed by atoms with E-state index in [0.717, 1.165) is 12.8 Å². The van der Waals surface area contributed by atoms with Gasteiger partial charge in [-0.2, -0.15) is 0 Å². The number of amides is 1. The Morgan fingerprint density at radius 2 is 2.22 bits per heavy atom. The van der Waals surface area contributed by atoms with Crippen molar-refractivity contribution in [3.05, 3.63) is 22.4 Å². The summed E-state index contributed by atoms with van der Waals surface area (Å²) in [7, 11) is 0. The molecule has 0 aromatic carbocycles. The summed E-state index contributed by atoms with van der Waals surface area (Å²) in [4.78, 5) is 13.1. The fourth-order valence-corrected chi connectivity index (χ4v) is 3.17. The fraction of sp³-hybridized carbons (Fsp3) is 0.643. The lowest BCUT2D eigenvalue weighted by Gasteiger charge is -2.23. The first-order chi connectivity index (χ1) is 8.75. The van der Waals surface area contributed by atoms with Gasteiger partial charge in [0.05, 0.1) is 6.54 Å². The number of nitrogens with one attached hydrogen (secondary N) is 2. The van der Waals surface area contributed by atoms with Gasteiger partial charge in [-0.3, -0.25) is 4.79 Å². The van der Waals surface area contributed by atoms with Crippen LogP contribution in [-0.2, 0) is 4.79 Å². The zero-order valence-corrected chi connectivity index (χ0v) is 11.8. The molecule has 0 aliphatic heterocycles. The molecule has 0 unspecified atom stereocenters. The Kier molecular flexibility index (Phi) is 5.20.